The molecule has 2 unspecified atom stereocenters. The van der Waals surface area contributed by atoms with E-state index < -0.39 is 74.3 Å². The molecule has 0 spiro atoms. The van der Waals surface area contributed by atoms with E-state index in [9.17, 15) is 34.2 Å². The van der Waals surface area contributed by atoms with Gasteiger partial charge in [0.15, 0.2) is 28.9 Å². The van der Waals surface area contributed by atoms with Crippen molar-refractivity contribution in [2.75, 3.05) is 0 Å². The maximum atomic E-state index is 14.3. The summed E-state index contributed by atoms with van der Waals surface area (Å²) in [6.45, 7) is 28.2. The topological polar surface area (TPSA) is 135 Å². The van der Waals surface area contributed by atoms with Crippen LogP contribution in [0, 0.1) is 45.3 Å². The maximum Gasteiger partial charge on any atom is 0.175 e. The largest absolute Gasteiger partial charge is 0.507 e. The summed E-state index contributed by atoms with van der Waals surface area (Å²) in [5.41, 5.74) is -4.27. The lowest BCUT2D eigenvalue weighted by Crippen LogP contribution is -2.54. The lowest BCUT2D eigenvalue weighted by Gasteiger charge is -2.48. The third-order valence-electron chi connectivity index (χ3n) is 11.2. The Bertz CT molecular complexity index is 1640. The summed E-state index contributed by atoms with van der Waals surface area (Å²) in [6.07, 6.45) is 0. The van der Waals surface area contributed by atoms with Crippen LogP contribution in [0.25, 0.3) is 0 Å². The van der Waals surface area contributed by atoms with Crippen molar-refractivity contribution in [3.05, 3.63) is 40.2 Å². The molecule has 2 atom stereocenters. The zero-order valence-corrected chi connectivity index (χ0v) is 30.5. The second-order valence-corrected chi connectivity index (χ2v) is 16.9. The summed E-state index contributed by atoms with van der Waals surface area (Å²) in [7, 11) is 0. The van der Waals surface area contributed by atoms with Crippen molar-refractivity contribution in [2.45, 2.75) is 109 Å². The van der Waals surface area contributed by atoms with Crippen LogP contribution in [0.4, 0.5) is 0 Å². The summed E-state index contributed by atoms with van der Waals surface area (Å²) >= 11 is 0. The number of hydrogen-bond acceptors (Lipinski definition) is 8. The van der Waals surface area contributed by atoms with Gasteiger partial charge in [0.1, 0.15) is 28.6 Å². The first-order valence-corrected chi connectivity index (χ1v) is 16.7. The van der Waals surface area contributed by atoms with E-state index in [4.69, 9.17) is 4.74 Å². The Balaban J connectivity index is 2.19. The SMILES string of the molecule is C=C1C(C)(C)C(=O)C(C(c2c(O)c(C(=O)C(C)C)c3c(c2O)C(C(C)C)C2=C(O3)C(C)(C)C(=O)C(C)(C)C2=O)C(C)C)C(=O)C1(C)C. The highest BCUT2D eigenvalue weighted by Crippen LogP contribution is 2.62. The van der Waals surface area contributed by atoms with Crippen LogP contribution < -0.4 is 4.74 Å². The smallest absolute Gasteiger partial charge is 0.175 e. The van der Waals surface area contributed by atoms with Gasteiger partial charge in [0.25, 0.3) is 0 Å². The van der Waals surface area contributed by atoms with Gasteiger partial charge >= 0.3 is 0 Å². The summed E-state index contributed by atoms with van der Waals surface area (Å²) in [4.78, 5) is 70.5. The molecule has 47 heavy (non-hydrogen) atoms. The third kappa shape index (κ3) is 4.79. The number of aromatic hydroxyl groups is 2. The predicted octanol–water partition coefficient (Wildman–Crippen LogP) is 7.64. The minimum absolute atomic E-state index is 0.0929. The molecule has 1 fully saturated rings. The molecule has 0 amide bonds. The second kappa shape index (κ2) is 11.0. The standard InChI is InChI=1S/C39H52O8/c1-16(2)20(24-31(43)36(8,9)19(7)37(10,11)32(24)44)22-28(41)23-21(17(3)4)25-33(45)38(12,13)35(46)39(14,15)34(25)47-30(23)26(29(22)42)27(40)18(5)6/h16-18,20-21,24,41-42H,7H2,1-6,8-15H3. The molecule has 0 radical (unpaired) electrons. The first kappa shape index (κ1) is 36.3. The van der Waals surface area contributed by atoms with E-state index in [-0.39, 0.29) is 57.0 Å². The zero-order valence-electron chi connectivity index (χ0n) is 30.5. The Kier molecular flexibility index (Phi) is 8.49. The van der Waals surface area contributed by atoms with Gasteiger partial charge in [-0.2, -0.15) is 0 Å². The van der Waals surface area contributed by atoms with E-state index in [2.05, 4.69) is 6.58 Å². The van der Waals surface area contributed by atoms with Crippen molar-refractivity contribution in [2.24, 2.45) is 45.3 Å². The number of ketones is 5. The fourth-order valence-electron chi connectivity index (χ4n) is 8.30. The van der Waals surface area contributed by atoms with Crippen molar-refractivity contribution in [1.82, 2.24) is 0 Å². The highest BCUT2D eigenvalue weighted by molar-refractivity contribution is 6.20. The van der Waals surface area contributed by atoms with E-state index in [1.54, 1.807) is 83.1 Å². The van der Waals surface area contributed by atoms with E-state index in [0.717, 1.165) is 0 Å². The molecule has 1 heterocycles. The number of phenols is 2. The van der Waals surface area contributed by atoms with Crippen molar-refractivity contribution >= 4 is 28.9 Å². The molecule has 0 bridgehead atoms. The van der Waals surface area contributed by atoms with E-state index in [0.29, 0.717) is 5.57 Å². The normalized spacial score (nSPS) is 24.1. The molecule has 1 aliphatic heterocycles. The van der Waals surface area contributed by atoms with Crippen LogP contribution in [-0.2, 0) is 19.2 Å². The molecule has 2 aliphatic carbocycles. The van der Waals surface area contributed by atoms with Gasteiger partial charge < -0.3 is 14.9 Å². The van der Waals surface area contributed by atoms with Gasteiger partial charge in [0.05, 0.1) is 16.7 Å². The third-order valence-corrected chi connectivity index (χ3v) is 11.2. The quantitative estimate of drug-likeness (QED) is 0.183. The summed E-state index contributed by atoms with van der Waals surface area (Å²) in [5, 5.41) is 24.6. The average molecular weight is 649 g/mol. The van der Waals surface area contributed by atoms with Gasteiger partial charge in [-0.1, -0.05) is 53.7 Å². The summed E-state index contributed by atoms with van der Waals surface area (Å²) in [6, 6.07) is 0. The molecule has 8 nitrogen and oxygen atoms in total. The molecule has 8 heteroatoms. The van der Waals surface area contributed by atoms with Gasteiger partial charge in [-0.25, -0.2) is 0 Å². The summed E-state index contributed by atoms with van der Waals surface area (Å²) < 4.78 is 6.44. The van der Waals surface area contributed by atoms with Crippen molar-refractivity contribution in [3.8, 4) is 17.2 Å². The molecule has 4 rings (SSSR count). The van der Waals surface area contributed by atoms with Crippen LogP contribution in [0.5, 0.6) is 17.2 Å². The van der Waals surface area contributed by atoms with Gasteiger partial charge in [-0.15, -0.1) is 0 Å². The number of fused-ring (bicyclic) bond motifs is 1. The highest BCUT2D eigenvalue weighted by atomic mass is 16.5. The number of hydrogen-bond donors (Lipinski definition) is 2. The average Bonchev–Trinajstić information content (AvgIpc) is 2.96. The van der Waals surface area contributed by atoms with Crippen LogP contribution in [0.1, 0.15) is 130 Å². The predicted molar refractivity (Wildman–Crippen MR) is 180 cm³/mol. The molecule has 1 aromatic carbocycles. The Labute approximate surface area is 279 Å². The number of carbonyl (C=O) groups is 5. The molecule has 2 N–H and O–H groups in total. The molecule has 0 aromatic heterocycles. The monoisotopic (exact) mass is 648 g/mol. The van der Waals surface area contributed by atoms with Crippen LogP contribution in [-0.4, -0.2) is 39.1 Å². The number of carbonyl (C=O) groups excluding carboxylic acids is 5. The number of rotatable bonds is 6. The number of ether oxygens (including phenoxy) is 1. The van der Waals surface area contributed by atoms with Gasteiger partial charge in [-0.3, -0.25) is 24.0 Å². The highest BCUT2D eigenvalue weighted by Gasteiger charge is 2.60. The van der Waals surface area contributed by atoms with Crippen molar-refractivity contribution in [1.29, 1.82) is 0 Å². The molecule has 1 saturated carbocycles. The molecule has 1 aromatic rings. The van der Waals surface area contributed by atoms with Crippen LogP contribution >= 0.6 is 0 Å². The summed E-state index contributed by atoms with van der Waals surface area (Å²) in [5.74, 6) is -7.62. The Hall–Kier alpha value is -3.55. The number of allylic oxidation sites excluding steroid dienone is 3. The first-order valence-electron chi connectivity index (χ1n) is 16.7. The molecular formula is C39H52O8. The van der Waals surface area contributed by atoms with Gasteiger partial charge in [0.2, 0.25) is 0 Å². The molecular weight excluding hydrogens is 596 g/mol. The lowest BCUT2D eigenvalue weighted by atomic mass is 9.53. The molecule has 256 valence electrons. The maximum absolute atomic E-state index is 14.3. The second-order valence-electron chi connectivity index (χ2n) is 16.9. The fraction of sp³-hybridized carbons (Fsp3) is 0.615. The number of benzene rings is 1. The lowest BCUT2D eigenvalue weighted by molar-refractivity contribution is -0.147. The number of Topliss-reactive ketones (excluding diaryl/α,β-unsaturated/α-hetero) is 5. The van der Waals surface area contributed by atoms with Crippen molar-refractivity contribution < 1.29 is 38.9 Å². The fourth-order valence-corrected chi connectivity index (χ4v) is 8.30. The Morgan fingerprint density at radius 2 is 1.23 bits per heavy atom. The molecule has 0 saturated heterocycles. The number of phenolic OH excluding ortho intramolecular Hbond substituents is 2. The first-order chi connectivity index (χ1) is 21.2. The zero-order chi connectivity index (χ0) is 36.3. The van der Waals surface area contributed by atoms with Crippen LogP contribution in [0.2, 0.25) is 0 Å². The minimum Gasteiger partial charge on any atom is -0.507 e. The van der Waals surface area contributed by atoms with E-state index >= 15 is 0 Å². The van der Waals surface area contributed by atoms with Gasteiger partial charge in [-0.05, 0) is 67.2 Å². The minimum atomic E-state index is -1.39. The van der Waals surface area contributed by atoms with Crippen LogP contribution in [0.15, 0.2) is 23.5 Å². The van der Waals surface area contributed by atoms with E-state index in [1.807, 2.05) is 13.8 Å². The van der Waals surface area contributed by atoms with Crippen LogP contribution in [0.3, 0.4) is 0 Å². The Morgan fingerprint density at radius 1 is 0.745 bits per heavy atom. The molecule has 3 aliphatic rings. The van der Waals surface area contributed by atoms with E-state index in [1.165, 1.54) is 0 Å². The Morgan fingerprint density at radius 3 is 1.66 bits per heavy atom. The van der Waals surface area contributed by atoms with Crippen molar-refractivity contribution in [3.63, 3.8) is 0 Å². The van der Waals surface area contributed by atoms with Gasteiger partial charge in [0, 0.05) is 45.3 Å².